The molecule has 0 aliphatic heterocycles. The highest BCUT2D eigenvalue weighted by molar-refractivity contribution is 6.37. The summed E-state index contributed by atoms with van der Waals surface area (Å²) in [4.78, 5) is 14.8. The summed E-state index contributed by atoms with van der Waals surface area (Å²) in [6.07, 6.45) is 0. The predicted octanol–water partition coefficient (Wildman–Crippen LogP) is 3.22. The van der Waals surface area contributed by atoms with E-state index in [1.165, 1.54) is 7.11 Å². The molecule has 0 spiro atoms. The minimum atomic E-state index is -0.365. The molecule has 4 heteroatoms. The Morgan fingerprint density at radius 1 is 1.38 bits per heavy atom. The second-order valence-electron chi connectivity index (χ2n) is 3.73. The number of halogens is 1. The van der Waals surface area contributed by atoms with E-state index in [2.05, 4.69) is 4.98 Å². The molecule has 0 saturated heterocycles. The third-order valence-electron chi connectivity index (χ3n) is 2.69. The molecule has 0 unspecified atom stereocenters. The number of aromatic nitrogens is 1. The molecular weight excluding hydrogens is 226 g/mol. The highest BCUT2D eigenvalue weighted by Crippen LogP contribution is 2.31. The fourth-order valence-electron chi connectivity index (χ4n) is 1.88. The van der Waals surface area contributed by atoms with Gasteiger partial charge in [-0.15, -0.1) is 0 Å². The Hall–Kier alpha value is -1.48. The van der Waals surface area contributed by atoms with Crippen LogP contribution in [0.5, 0.6) is 0 Å². The second-order valence-corrected chi connectivity index (χ2v) is 4.14. The summed E-state index contributed by atoms with van der Waals surface area (Å²) in [5.41, 5.74) is 3.24. The number of aromatic amines is 1. The maximum atomic E-state index is 11.7. The van der Waals surface area contributed by atoms with Crippen LogP contribution in [0.4, 0.5) is 0 Å². The number of aryl methyl sites for hydroxylation is 2. The molecule has 0 saturated carbocycles. The van der Waals surface area contributed by atoms with Gasteiger partial charge in [-0.05, 0) is 25.5 Å². The highest BCUT2D eigenvalue weighted by Gasteiger charge is 2.19. The van der Waals surface area contributed by atoms with E-state index in [0.29, 0.717) is 10.6 Å². The van der Waals surface area contributed by atoms with Crippen molar-refractivity contribution in [2.24, 2.45) is 0 Å². The van der Waals surface area contributed by atoms with Crippen LogP contribution in [0.2, 0.25) is 5.02 Å². The minimum absolute atomic E-state index is 0.365. The van der Waals surface area contributed by atoms with Gasteiger partial charge in [0.05, 0.1) is 23.2 Å². The van der Waals surface area contributed by atoms with Gasteiger partial charge in [-0.1, -0.05) is 17.7 Å². The SMILES string of the molecule is COC(=O)c1c(C)[nH]c2c(C)ccc(Cl)c12. The van der Waals surface area contributed by atoms with Crippen LogP contribution in [0.3, 0.4) is 0 Å². The van der Waals surface area contributed by atoms with Crippen molar-refractivity contribution in [1.82, 2.24) is 4.98 Å². The Labute approximate surface area is 98.4 Å². The Morgan fingerprint density at radius 3 is 2.69 bits per heavy atom. The summed E-state index contributed by atoms with van der Waals surface area (Å²) in [5, 5.41) is 1.30. The molecule has 0 fully saturated rings. The number of carbonyl (C=O) groups is 1. The van der Waals surface area contributed by atoms with Crippen LogP contribution in [-0.2, 0) is 4.74 Å². The van der Waals surface area contributed by atoms with Crippen LogP contribution in [0, 0.1) is 13.8 Å². The molecule has 0 aliphatic carbocycles. The van der Waals surface area contributed by atoms with Crippen LogP contribution < -0.4 is 0 Å². The van der Waals surface area contributed by atoms with Gasteiger partial charge in [0.1, 0.15) is 0 Å². The van der Waals surface area contributed by atoms with Crippen molar-refractivity contribution in [1.29, 1.82) is 0 Å². The van der Waals surface area contributed by atoms with Gasteiger partial charge >= 0.3 is 5.97 Å². The summed E-state index contributed by atoms with van der Waals surface area (Å²) in [6.45, 7) is 3.80. The molecule has 0 bridgehead atoms. The van der Waals surface area contributed by atoms with Crippen LogP contribution in [0.15, 0.2) is 12.1 Å². The monoisotopic (exact) mass is 237 g/mol. The number of H-pyrrole nitrogens is 1. The van der Waals surface area contributed by atoms with Gasteiger partial charge in [-0.3, -0.25) is 0 Å². The lowest BCUT2D eigenvalue weighted by Crippen LogP contribution is -2.02. The molecule has 84 valence electrons. The molecule has 0 amide bonds. The largest absolute Gasteiger partial charge is 0.465 e. The van der Waals surface area contributed by atoms with E-state index in [0.717, 1.165) is 22.2 Å². The number of hydrogen-bond acceptors (Lipinski definition) is 2. The molecule has 0 atom stereocenters. The number of benzene rings is 1. The summed E-state index contributed by atoms with van der Waals surface area (Å²) >= 11 is 6.12. The van der Waals surface area contributed by atoms with Crippen LogP contribution in [0.25, 0.3) is 10.9 Å². The molecule has 0 aliphatic rings. The fourth-order valence-corrected chi connectivity index (χ4v) is 2.13. The lowest BCUT2D eigenvalue weighted by Gasteiger charge is -2.01. The van der Waals surface area contributed by atoms with Gasteiger partial charge in [0.2, 0.25) is 0 Å². The van der Waals surface area contributed by atoms with E-state index in [1.54, 1.807) is 6.07 Å². The topological polar surface area (TPSA) is 42.1 Å². The zero-order valence-corrected chi connectivity index (χ0v) is 10.1. The lowest BCUT2D eigenvalue weighted by molar-refractivity contribution is 0.0602. The summed E-state index contributed by atoms with van der Waals surface area (Å²) < 4.78 is 4.76. The molecule has 1 aromatic carbocycles. The van der Waals surface area contributed by atoms with Gasteiger partial charge < -0.3 is 9.72 Å². The molecule has 1 heterocycles. The van der Waals surface area contributed by atoms with Crippen molar-refractivity contribution in [3.8, 4) is 0 Å². The maximum absolute atomic E-state index is 11.7. The minimum Gasteiger partial charge on any atom is -0.465 e. The van der Waals surface area contributed by atoms with Crippen LogP contribution >= 0.6 is 11.6 Å². The molecule has 16 heavy (non-hydrogen) atoms. The third kappa shape index (κ3) is 1.48. The number of carbonyl (C=O) groups excluding carboxylic acids is 1. The first-order chi connectivity index (χ1) is 7.56. The Bertz CT molecular complexity index is 572. The van der Waals surface area contributed by atoms with E-state index >= 15 is 0 Å². The fraction of sp³-hybridized carbons (Fsp3) is 0.250. The lowest BCUT2D eigenvalue weighted by atomic mass is 10.1. The normalized spacial score (nSPS) is 10.8. The summed E-state index contributed by atoms with van der Waals surface area (Å²) in [7, 11) is 1.37. The number of ether oxygens (including phenoxy) is 1. The summed E-state index contributed by atoms with van der Waals surface area (Å²) in [5.74, 6) is -0.365. The first-order valence-electron chi connectivity index (χ1n) is 4.92. The standard InChI is InChI=1S/C12H12ClNO2/c1-6-4-5-8(13)10-9(12(15)16-3)7(2)14-11(6)10/h4-5,14H,1-3H3. The van der Waals surface area contributed by atoms with Gasteiger partial charge in [-0.25, -0.2) is 4.79 Å². The van der Waals surface area contributed by atoms with E-state index in [1.807, 2.05) is 19.9 Å². The van der Waals surface area contributed by atoms with Gasteiger partial charge in [-0.2, -0.15) is 0 Å². The second kappa shape index (κ2) is 3.83. The molecule has 1 N–H and O–H groups in total. The zero-order chi connectivity index (χ0) is 11.9. The summed E-state index contributed by atoms with van der Waals surface area (Å²) in [6, 6.07) is 3.71. The first-order valence-corrected chi connectivity index (χ1v) is 5.29. The molecule has 0 radical (unpaired) electrons. The molecule has 2 aromatic rings. The van der Waals surface area contributed by atoms with Gasteiger partial charge in [0, 0.05) is 11.1 Å². The van der Waals surface area contributed by atoms with E-state index in [4.69, 9.17) is 16.3 Å². The Balaban J connectivity index is 2.88. The average molecular weight is 238 g/mol. The maximum Gasteiger partial charge on any atom is 0.340 e. The van der Waals surface area contributed by atoms with Crippen molar-refractivity contribution in [3.63, 3.8) is 0 Å². The Kier molecular flexibility index (Phi) is 2.64. The van der Waals surface area contributed by atoms with Crippen molar-refractivity contribution >= 4 is 28.5 Å². The van der Waals surface area contributed by atoms with Gasteiger partial charge in [0.25, 0.3) is 0 Å². The molecule has 3 nitrogen and oxygen atoms in total. The van der Waals surface area contributed by atoms with E-state index in [9.17, 15) is 4.79 Å². The number of methoxy groups -OCH3 is 1. The average Bonchev–Trinajstić information content (AvgIpc) is 2.61. The first kappa shape index (κ1) is 11.0. The quantitative estimate of drug-likeness (QED) is 0.774. The Morgan fingerprint density at radius 2 is 2.06 bits per heavy atom. The van der Waals surface area contributed by atoms with E-state index < -0.39 is 0 Å². The van der Waals surface area contributed by atoms with Gasteiger partial charge in [0.15, 0.2) is 0 Å². The zero-order valence-electron chi connectivity index (χ0n) is 9.35. The van der Waals surface area contributed by atoms with Crippen LogP contribution in [-0.4, -0.2) is 18.1 Å². The van der Waals surface area contributed by atoms with Crippen LogP contribution in [0.1, 0.15) is 21.6 Å². The van der Waals surface area contributed by atoms with E-state index in [-0.39, 0.29) is 5.97 Å². The smallest absolute Gasteiger partial charge is 0.340 e. The van der Waals surface area contributed by atoms with Crippen molar-refractivity contribution < 1.29 is 9.53 Å². The molecule has 2 rings (SSSR count). The number of nitrogens with one attached hydrogen (secondary N) is 1. The molecule has 1 aromatic heterocycles. The number of rotatable bonds is 1. The van der Waals surface area contributed by atoms with Crippen molar-refractivity contribution in [3.05, 3.63) is 34.0 Å². The third-order valence-corrected chi connectivity index (χ3v) is 3.00. The number of fused-ring (bicyclic) bond motifs is 1. The number of esters is 1. The molecular formula is C12H12ClNO2. The van der Waals surface area contributed by atoms with Crippen molar-refractivity contribution in [2.75, 3.05) is 7.11 Å². The predicted molar refractivity (Wildman–Crippen MR) is 64.1 cm³/mol. The highest BCUT2D eigenvalue weighted by atomic mass is 35.5. The van der Waals surface area contributed by atoms with Crippen molar-refractivity contribution in [2.45, 2.75) is 13.8 Å². The number of hydrogen-bond donors (Lipinski definition) is 1.